The lowest BCUT2D eigenvalue weighted by atomic mass is 10.1. The Kier molecular flexibility index (Phi) is 5.33. The number of carbonyl (C=O) groups is 1. The summed E-state index contributed by atoms with van der Waals surface area (Å²) in [6, 6.07) is 19.6. The number of carbonyl (C=O) groups excluding carboxylic acids is 1. The highest BCUT2D eigenvalue weighted by atomic mass is 16.2. The molecule has 2 aromatic carbocycles. The van der Waals surface area contributed by atoms with Gasteiger partial charge in [0.05, 0.1) is 5.56 Å². The fourth-order valence-corrected chi connectivity index (χ4v) is 3.39. The molecule has 2 heterocycles. The summed E-state index contributed by atoms with van der Waals surface area (Å²) in [5, 5.41) is 24.9. The van der Waals surface area contributed by atoms with Crippen molar-refractivity contribution >= 4 is 11.7 Å². The highest BCUT2D eigenvalue weighted by molar-refractivity contribution is 5.92. The van der Waals surface area contributed by atoms with Crippen LogP contribution in [0.1, 0.15) is 22.4 Å². The van der Waals surface area contributed by atoms with Crippen LogP contribution in [0.5, 0.6) is 0 Å². The van der Waals surface area contributed by atoms with Gasteiger partial charge in [0.1, 0.15) is 18.4 Å². The van der Waals surface area contributed by atoms with Crippen LogP contribution in [0.15, 0.2) is 54.6 Å². The van der Waals surface area contributed by atoms with E-state index < -0.39 is 0 Å². The number of nitriles is 1. The van der Waals surface area contributed by atoms with Crippen molar-refractivity contribution in [1.82, 2.24) is 24.8 Å². The number of anilines is 1. The molecule has 0 aliphatic carbocycles. The zero-order valence-corrected chi connectivity index (χ0v) is 17.5. The smallest absolute Gasteiger partial charge is 0.249 e. The molecule has 0 bridgehead atoms. The van der Waals surface area contributed by atoms with Crippen LogP contribution in [-0.4, -0.2) is 30.7 Å². The van der Waals surface area contributed by atoms with Crippen LogP contribution >= 0.6 is 0 Å². The minimum absolute atomic E-state index is 0.123. The normalized spacial score (nSPS) is 10.6. The van der Waals surface area contributed by atoms with Crippen molar-refractivity contribution in [3.05, 3.63) is 77.0 Å². The Morgan fingerprint density at radius 1 is 1.06 bits per heavy atom. The number of benzene rings is 2. The Morgan fingerprint density at radius 2 is 1.77 bits per heavy atom. The molecule has 154 valence electrons. The highest BCUT2D eigenvalue weighted by Crippen LogP contribution is 2.29. The first-order valence-electron chi connectivity index (χ1n) is 9.80. The van der Waals surface area contributed by atoms with Crippen molar-refractivity contribution < 1.29 is 4.79 Å². The fourth-order valence-electron chi connectivity index (χ4n) is 3.39. The van der Waals surface area contributed by atoms with E-state index in [0.717, 1.165) is 28.1 Å². The second kappa shape index (κ2) is 8.24. The lowest BCUT2D eigenvalue weighted by molar-refractivity contribution is -0.117. The van der Waals surface area contributed by atoms with Crippen LogP contribution in [0, 0.1) is 32.1 Å². The molecule has 4 aromatic rings. The van der Waals surface area contributed by atoms with E-state index in [4.69, 9.17) is 0 Å². The van der Waals surface area contributed by atoms with Crippen molar-refractivity contribution in [1.29, 1.82) is 5.26 Å². The molecule has 0 atom stereocenters. The zero-order valence-electron chi connectivity index (χ0n) is 17.5. The van der Waals surface area contributed by atoms with Crippen molar-refractivity contribution in [2.24, 2.45) is 0 Å². The molecule has 0 aliphatic heterocycles. The molecule has 1 amide bonds. The molecule has 8 nitrogen and oxygen atoms in total. The number of aromatic nitrogens is 5. The van der Waals surface area contributed by atoms with Gasteiger partial charge in [-0.2, -0.15) is 10.1 Å². The Labute approximate surface area is 179 Å². The first-order chi connectivity index (χ1) is 15.0. The van der Waals surface area contributed by atoms with Crippen LogP contribution in [0.2, 0.25) is 0 Å². The molecule has 2 aromatic heterocycles. The zero-order chi connectivity index (χ0) is 22.0. The largest absolute Gasteiger partial charge is 0.309 e. The van der Waals surface area contributed by atoms with E-state index in [2.05, 4.69) is 26.8 Å². The van der Waals surface area contributed by atoms with Crippen LogP contribution in [-0.2, 0) is 11.3 Å². The molecule has 8 heteroatoms. The van der Waals surface area contributed by atoms with E-state index >= 15 is 0 Å². The number of tetrazole rings is 1. The van der Waals surface area contributed by atoms with Gasteiger partial charge in [0.2, 0.25) is 11.7 Å². The number of amides is 1. The molecule has 0 radical (unpaired) electrons. The summed E-state index contributed by atoms with van der Waals surface area (Å²) in [4.78, 5) is 14.0. The number of para-hydroxylation sites is 1. The average molecular weight is 411 g/mol. The summed E-state index contributed by atoms with van der Waals surface area (Å²) in [5.41, 5.74) is 4.96. The molecule has 0 unspecified atom stereocenters. The Morgan fingerprint density at radius 3 is 2.45 bits per heavy atom. The van der Waals surface area contributed by atoms with Gasteiger partial charge >= 0.3 is 0 Å². The molecule has 4 rings (SSSR count). The molecular formula is C23H21N7O. The maximum atomic E-state index is 12.8. The highest BCUT2D eigenvalue weighted by Gasteiger charge is 2.21. The molecule has 0 spiro atoms. The average Bonchev–Trinajstić information content (AvgIpc) is 3.32. The molecule has 0 fully saturated rings. The summed E-state index contributed by atoms with van der Waals surface area (Å²) >= 11 is 0. The minimum Gasteiger partial charge on any atom is -0.309 e. The van der Waals surface area contributed by atoms with Gasteiger partial charge < -0.3 is 5.32 Å². The van der Waals surface area contributed by atoms with Gasteiger partial charge in [-0.05, 0) is 43.7 Å². The van der Waals surface area contributed by atoms with Crippen molar-refractivity contribution in [3.8, 4) is 23.1 Å². The summed E-state index contributed by atoms with van der Waals surface area (Å²) in [6.45, 7) is 5.67. The minimum atomic E-state index is -0.348. The van der Waals surface area contributed by atoms with Crippen LogP contribution in [0.4, 0.5) is 5.82 Å². The van der Waals surface area contributed by atoms with E-state index in [-0.39, 0.29) is 12.5 Å². The van der Waals surface area contributed by atoms with Crippen molar-refractivity contribution in [2.75, 3.05) is 5.32 Å². The van der Waals surface area contributed by atoms with Crippen molar-refractivity contribution in [2.45, 2.75) is 27.3 Å². The van der Waals surface area contributed by atoms with Crippen LogP contribution in [0.25, 0.3) is 17.1 Å². The quantitative estimate of drug-likeness (QED) is 0.541. The van der Waals surface area contributed by atoms with E-state index in [9.17, 15) is 10.1 Å². The van der Waals surface area contributed by atoms with Crippen molar-refractivity contribution in [3.63, 3.8) is 0 Å². The SMILES string of the molecule is Cc1ccc(-c2nnn(CC(=O)Nc3c(C#N)c(C)c(C)n3-c3ccccc3)n2)cc1. The van der Waals surface area contributed by atoms with Gasteiger partial charge in [0.15, 0.2) is 0 Å². The van der Waals surface area contributed by atoms with E-state index in [1.807, 2.05) is 79.9 Å². The Balaban J connectivity index is 1.59. The molecule has 1 N–H and O–H groups in total. The topological polar surface area (TPSA) is 101 Å². The summed E-state index contributed by atoms with van der Waals surface area (Å²) < 4.78 is 1.87. The van der Waals surface area contributed by atoms with Gasteiger partial charge in [0.25, 0.3) is 0 Å². The predicted molar refractivity (Wildman–Crippen MR) is 117 cm³/mol. The van der Waals surface area contributed by atoms with Crippen LogP contribution < -0.4 is 5.32 Å². The summed E-state index contributed by atoms with van der Waals surface area (Å²) in [7, 11) is 0. The third kappa shape index (κ3) is 3.94. The predicted octanol–water partition coefficient (Wildman–Crippen LogP) is 3.57. The third-order valence-electron chi connectivity index (χ3n) is 5.15. The number of rotatable bonds is 5. The van der Waals surface area contributed by atoms with E-state index in [1.165, 1.54) is 4.80 Å². The maximum absolute atomic E-state index is 12.8. The van der Waals surface area contributed by atoms with Gasteiger partial charge in [-0.3, -0.25) is 9.36 Å². The number of hydrogen-bond acceptors (Lipinski definition) is 5. The van der Waals surface area contributed by atoms with E-state index in [0.29, 0.717) is 17.2 Å². The monoisotopic (exact) mass is 411 g/mol. The van der Waals surface area contributed by atoms with Gasteiger partial charge in [-0.1, -0.05) is 48.0 Å². The molecule has 0 saturated heterocycles. The molecule has 0 aliphatic rings. The first-order valence-corrected chi connectivity index (χ1v) is 9.80. The molecule has 31 heavy (non-hydrogen) atoms. The Hall–Kier alpha value is -4.25. The lowest BCUT2D eigenvalue weighted by Crippen LogP contribution is -2.22. The Bertz CT molecular complexity index is 1280. The molecule has 0 saturated carbocycles. The maximum Gasteiger partial charge on any atom is 0.249 e. The number of hydrogen-bond donors (Lipinski definition) is 1. The van der Waals surface area contributed by atoms with Gasteiger partial charge in [-0.15, -0.1) is 10.2 Å². The molecular weight excluding hydrogens is 390 g/mol. The fraction of sp³-hybridized carbons (Fsp3) is 0.174. The van der Waals surface area contributed by atoms with Gasteiger partial charge in [-0.25, -0.2) is 0 Å². The second-order valence-electron chi connectivity index (χ2n) is 7.27. The second-order valence-corrected chi connectivity index (χ2v) is 7.27. The number of nitrogens with zero attached hydrogens (tertiary/aromatic N) is 6. The summed E-state index contributed by atoms with van der Waals surface area (Å²) in [5.74, 6) is 0.538. The number of aryl methyl sites for hydroxylation is 1. The standard InChI is InChI=1S/C23H21N7O/c1-15-9-11-18(12-10-15)22-26-28-29(27-22)14-21(31)25-23-20(13-24)16(2)17(3)30(23)19-7-5-4-6-8-19/h4-12H,14H2,1-3H3,(H,25,31). The van der Waals surface area contributed by atoms with Gasteiger partial charge in [0, 0.05) is 16.9 Å². The van der Waals surface area contributed by atoms with E-state index in [1.54, 1.807) is 0 Å². The lowest BCUT2D eigenvalue weighted by Gasteiger charge is -2.13. The summed E-state index contributed by atoms with van der Waals surface area (Å²) in [6.07, 6.45) is 0. The van der Waals surface area contributed by atoms with Crippen LogP contribution in [0.3, 0.4) is 0 Å². The number of nitrogens with one attached hydrogen (secondary N) is 1. The third-order valence-corrected chi connectivity index (χ3v) is 5.15. The first kappa shape index (κ1) is 20.0.